The standard InChI is InChI=1S/C14H27N3O4/c1-11(2)17(3)7-6-15-13(20)16-10-14(12(18)19)4-8-21-9-5-14/h11H,4-10H2,1-3H3,(H,18,19)(H2,15,16,20). The normalized spacial score (nSPS) is 17.8. The number of hydrogen-bond acceptors (Lipinski definition) is 4. The first-order chi connectivity index (χ1) is 9.87. The highest BCUT2D eigenvalue weighted by atomic mass is 16.5. The van der Waals surface area contributed by atoms with Gasteiger partial charge in [-0.25, -0.2) is 4.79 Å². The molecule has 1 fully saturated rings. The Balaban J connectivity index is 2.32. The van der Waals surface area contributed by atoms with Gasteiger partial charge in [-0.3, -0.25) is 4.79 Å². The summed E-state index contributed by atoms with van der Waals surface area (Å²) in [6.45, 7) is 6.44. The molecule has 1 aliphatic rings. The summed E-state index contributed by atoms with van der Waals surface area (Å²) in [7, 11) is 1.99. The van der Waals surface area contributed by atoms with Crippen LogP contribution in [0.1, 0.15) is 26.7 Å². The zero-order chi connectivity index (χ0) is 15.9. The first kappa shape index (κ1) is 17.7. The lowest BCUT2D eigenvalue weighted by Crippen LogP contribution is -2.49. The molecule has 0 aromatic carbocycles. The van der Waals surface area contributed by atoms with Gasteiger partial charge in [0.2, 0.25) is 0 Å². The summed E-state index contributed by atoms with van der Waals surface area (Å²) >= 11 is 0. The SMILES string of the molecule is CC(C)N(C)CCNC(=O)NCC1(C(=O)O)CCOCC1. The van der Waals surface area contributed by atoms with Gasteiger partial charge in [-0.05, 0) is 33.7 Å². The fourth-order valence-corrected chi connectivity index (χ4v) is 2.14. The molecule has 7 heteroatoms. The number of urea groups is 1. The number of aliphatic carboxylic acids is 1. The number of rotatable bonds is 7. The number of likely N-dealkylation sites (N-methyl/N-ethyl adjacent to an activating group) is 1. The van der Waals surface area contributed by atoms with Crippen molar-refractivity contribution in [3.8, 4) is 0 Å². The van der Waals surface area contributed by atoms with Crippen molar-refractivity contribution in [2.75, 3.05) is 39.9 Å². The van der Waals surface area contributed by atoms with Crippen LogP contribution >= 0.6 is 0 Å². The van der Waals surface area contributed by atoms with Gasteiger partial charge >= 0.3 is 12.0 Å². The summed E-state index contributed by atoms with van der Waals surface area (Å²) in [4.78, 5) is 25.3. The number of carbonyl (C=O) groups excluding carboxylic acids is 1. The van der Waals surface area contributed by atoms with Crippen LogP contribution in [0.5, 0.6) is 0 Å². The van der Waals surface area contributed by atoms with Crippen LogP contribution in [0.15, 0.2) is 0 Å². The number of carboxylic acids is 1. The molecule has 1 heterocycles. The highest BCUT2D eigenvalue weighted by Gasteiger charge is 2.40. The van der Waals surface area contributed by atoms with E-state index in [0.29, 0.717) is 38.6 Å². The lowest BCUT2D eigenvalue weighted by molar-refractivity contribution is -0.154. The smallest absolute Gasteiger partial charge is 0.314 e. The lowest BCUT2D eigenvalue weighted by atomic mass is 9.80. The zero-order valence-electron chi connectivity index (χ0n) is 13.1. The molecule has 1 saturated heterocycles. The van der Waals surface area contributed by atoms with E-state index in [9.17, 15) is 14.7 Å². The first-order valence-corrected chi connectivity index (χ1v) is 7.40. The molecule has 7 nitrogen and oxygen atoms in total. The van der Waals surface area contributed by atoms with E-state index >= 15 is 0 Å². The zero-order valence-corrected chi connectivity index (χ0v) is 13.1. The topological polar surface area (TPSA) is 90.9 Å². The maximum Gasteiger partial charge on any atom is 0.314 e. The van der Waals surface area contributed by atoms with Gasteiger partial charge in [-0.15, -0.1) is 0 Å². The van der Waals surface area contributed by atoms with Gasteiger partial charge in [0, 0.05) is 38.9 Å². The number of hydrogen-bond donors (Lipinski definition) is 3. The van der Waals surface area contributed by atoms with E-state index in [1.807, 2.05) is 7.05 Å². The summed E-state index contributed by atoms with van der Waals surface area (Å²) in [6.07, 6.45) is 0.859. The van der Waals surface area contributed by atoms with Crippen LogP contribution in [-0.2, 0) is 9.53 Å². The van der Waals surface area contributed by atoms with E-state index in [1.165, 1.54) is 0 Å². The van der Waals surface area contributed by atoms with Crippen molar-refractivity contribution in [1.82, 2.24) is 15.5 Å². The monoisotopic (exact) mass is 301 g/mol. The van der Waals surface area contributed by atoms with Crippen molar-refractivity contribution >= 4 is 12.0 Å². The molecule has 3 N–H and O–H groups in total. The van der Waals surface area contributed by atoms with Crippen molar-refractivity contribution in [3.05, 3.63) is 0 Å². The number of carboxylic acid groups (broad SMARTS) is 1. The highest BCUT2D eigenvalue weighted by Crippen LogP contribution is 2.29. The molecule has 0 saturated carbocycles. The lowest BCUT2D eigenvalue weighted by Gasteiger charge is -2.33. The minimum Gasteiger partial charge on any atom is -0.481 e. The van der Waals surface area contributed by atoms with Crippen molar-refractivity contribution in [1.29, 1.82) is 0 Å². The van der Waals surface area contributed by atoms with Crippen LogP contribution < -0.4 is 10.6 Å². The Morgan fingerprint density at radius 2 is 1.90 bits per heavy atom. The van der Waals surface area contributed by atoms with Crippen LogP contribution in [0.2, 0.25) is 0 Å². The van der Waals surface area contributed by atoms with E-state index < -0.39 is 11.4 Å². The Labute approximate surface area is 126 Å². The van der Waals surface area contributed by atoms with E-state index in [0.717, 1.165) is 6.54 Å². The molecule has 0 atom stereocenters. The molecule has 1 rings (SSSR count). The number of nitrogens with one attached hydrogen (secondary N) is 2. The third kappa shape index (κ3) is 5.51. The average Bonchev–Trinajstić information content (AvgIpc) is 2.45. The molecule has 1 aliphatic heterocycles. The summed E-state index contributed by atoms with van der Waals surface area (Å²) in [5.74, 6) is -0.870. The third-order valence-electron chi connectivity index (χ3n) is 4.12. The molecule has 122 valence electrons. The highest BCUT2D eigenvalue weighted by molar-refractivity contribution is 5.78. The molecule has 0 aliphatic carbocycles. The Hall–Kier alpha value is -1.34. The number of amides is 2. The maximum atomic E-state index is 11.7. The molecule has 0 aromatic heterocycles. The van der Waals surface area contributed by atoms with Crippen molar-refractivity contribution in [3.63, 3.8) is 0 Å². The van der Waals surface area contributed by atoms with E-state index in [1.54, 1.807) is 0 Å². The first-order valence-electron chi connectivity index (χ1n) is 7.40. The summed E-state index contributed by atoms with van der Waals surface area (Å²) in [6, 6.07) is 0.103. The second-order valence-electron chi connectivity index (χ2n) is 5.88. The predicted molar refractivity (Wildman–Crippen MR) is 79.3 cm³/mol. The Kier molecular flexibility index (Phi) is 6.91. The minimum absolute atomic E-state index is 0.136. The molecule has 21 heavy (non-hydrogen) atoms. The van der Waals surface area contributed by atoms with Gasteiger partial charge < -0.3 is 25.4 Å². The van der Waals surface area contributed by atoms with Crippen LogP contribution in [0.25, 0.3) is 0 Å². The van der Waals surface area contributed by atoms with Gasteiger partial charge in [-0.1, -0.05) is 0 Å². The van der Waals surface area contributed by atoms with Crippen LogP contribution in [0.4, 0.5) is 4.79 Å². The van der Waals surface area contributed by atoms with Crippen molar-refractivity contribution in [2.24, 2.45) is 5.41 Å². The largest absolute Gasteiger partial charge is 0.481 e. The molecule has 0 bridgehead atoms. The van der Waals surface area contributed by atoms with E-state index in [4.69, 9.17) is 4.74 Å². The van der Waals surface area contributed by atoms with Gasteiger partial charge in [0.25, 0.3) is 0 Å². The van der Waals surface area contributed by atoms with Crippen molar-refractivity contribution in [2.45, 2.75) is 32.7 Å². The average molecular weight is 301 g/mol. The molecular formula is C14H27N3O4. The Morgan fingerprint density at radius 3 is 2.43 bits per heavy atom. The third-order valence-corrected chi connectivity index (χ3v) is 4.12. The van der Waals surface area contributed by atoms with Gasteiger partial charge in [0.15, 0.2) is 0 Å². The number of nitrogens with zero attached hydrogens (tertiary/aromatic N) is 1. The minimum atomic E-state index is -0.898. The number of ether oxygens (including phenoxy) is 1. The van der Waals surface area contributed by atoms with Crippen LogP contribution in [0, 0.1) is 5.41 Å². The molecule has 0 unspecified atom stereocenters. The summed E-state index contributed by atoms with van der Waals surface area (Å²) < 4.78 is 5.20. The molecular weight excluding hydrogens is 274 g/mol. The quantitative estimate of drug-likeness (QED) is 0.637. The van der Waals surface area contributed by atoms with Gasteiger partial charge in [0.05, 0.1) is 5.41 Å². The molecule has 0 aromatic rings. The van der Waals surface area contributed by atoms with Crippen molar-refractivity contribution < 1.29 is 19.4 Å². The van der Waals surface area contributed by atoms with Gasteiger partial charge in [-0.2, -0.15) is 0 Å². The molecule has 0 radical (unpaired) electrons. The summed E-state index contributed by atoms with van der Waals surface area (Å²) in [5, 5.41) is 14.8. The summed E-state index contributed by atoms with van der Waals surface area (Å²) in [5.41, 5.74) is -0.898. The predicted octanol–water partition coefficient (Wildman–Crippen LogP) is 0.507. The van der Waals surface area contributed by atoms with E-state index in [2.05, 4.69) is 29.4 Å². The fraction of sp³-hybridized carbons (Fsp3) is 0.857. The second kappa shape index (κ2) is 8.19. The fourth-order valence-electron chi connectivity index (χ4n) is 2.14. The van der Waals surface area contributed by atoms with Crippen LogP contribution in [-0.4, -0.2) is 67.9 Å². The number of carbonyl (C=O) groups is 2. The molecule has 2 amide bonds. The van der Waals surface area contributed by atoms with E-state index in [-0.39, 0.29) is 12.6 Å². The van der Waals surface area contributed by atoms with Crippen LogP contribution in [0.3, 0.4) is 0 Å². The Morgan fingerprint density at radius 1 is 1.29 bits per heavy atom. The second-order valence-corrected chi connectivity index (χ2v) is 5.88. The Bertz CT molecular complexity index is 354. The molecule has 0 spiro atoms. The van der Waals surface area contributed by atoms with Gasteiger partial charge in [0.1, 0.15) is 0 Å². The maximum absolute atomic E-state index is 11.7.